The van der Waals surface area contributed by atoms with Gasteiger partial charge in [-0.15, -0.1) is 0 Å². The zero-order valence-corrected chi connectivity index (χ0v) is 13.7. The van der Waals surface area contributed by atoms with Crippen molar-refractivity contribution in [2.75, 3.05) is 6.54 Å². The van der Waals surface area contributed by atoms with Crippen molar-refractivity contribution in [3.8, 4) is 11.8 Å². The summed E-state index contributed by atoms with van der Waals surface area (Å²) in [4.78, 5) is 21.5. The molecule has 1 amide bonds. The minimum absolute atomic E-state index is 0.0750. The number of nitrogens with zero attached hydrogens (tertiary/aromatic N) is 2. The third-order valence-electron chi connectivity index (χ3n) is 2.72. The fourth-order valence-corrected chi connectivity index (χ4v) is 1.75. The van der Waals surface area contributed by atoms with Gasteiger partial charge >= 0.3 is 11.8 Å². The van der Waals surface area contributed by atoms with Crippen molar-refractivity contribution < 1.29 is 19.6 Å². The molecule has 0 bridgehead atoms. The van der Waals surface area contributed by atoms with Crippen LogP contribution in [0.25, 0.3) is 6.08 Å². The molecule has 0 aliphatic heterocycles. The number of nitrogens with one attached hydrogen (secondary N) is 1. The number of carbonyl (C=O) groups is 1. The first-order valence-corrected chi connectivity index (χ1v) is 7.19. The lowest BCUT2D eigenvalue weighted by Gasteiger charge is -2.19. The van der Waals surface area contributed by atoms with Crippen LogP contribution in [0.3, 0.4) is 0 Å². The smallest absolute Gasteiger partial charge is 0.407 e. The van der Waals surface area contributed by atoms with E-state index in [-0.39, 0.29) is 11.1 Å². The van der Waals surface area contributed by atoms with Gasteiger partial charge < -0.3 is 15.2 Å². The molecular weight excluding hydrogens is 314 g/mol. The highest BCUT2D eigenvalue weighted by atomic mass is 16.6. The zero-order valence-electron chi connectivity index (χ0n) is 13.7. The van der Waals surface area contributed by atoms with Gasteiger partial charge in [0, 0.05) is 18.2 Å². The van der Waals surface area contributed by atoms with E-state index in [1.54, 1.807) is 32.9 Å². The fourth-order valence-electron chi connectivity index (χ4n) is 1.75. The Morgan fingerprint density at radius 3 is 2.71 bits per heavy atom. The number of nitriles is 1. The molecule has 0 aliphatic rings. The number of nitro groups is 1. The molecule has 0 atom stereocenters. The molecule has 0 unspecified atom stereocenters. The lowest BCUT2D eigenvalue weighted by molar-refractivity contribution is -0.385. The van der Waals surface area contributed by atoms with Gasteiger partial charge in [0.1, 0.15) is 5.60 Å². The molecular formula is C16H19N3O5. The molecule has 0 spiro atoms. The van der Waals surface area contributed by atoms with Crippen molar-refractivity contribution >= 4 is 17.9 Å². The summed E-state index contributed by atoms with van der Waals surface area (Å²) in [5, 5.41) is 32.2. The lowest BCUT2D eigenvalue weighted by Crippen LogP contribution is -2.32. The van der Waals surface area contributed by atoms with E-state index >= 15 is 0 Å². The second-order valence-electron chi connectivity index (χ2n) is 5.92. The molecule has 8 heteroatoms. The van der Waals surface area contributed by atoms with Crippen LogP contribution < -0.4 is 5.32 Å². The van der Waals surface area contributed by atoms with Crippen LogP contribution in [0.2, 0.25) is 0 Å². The van der Waals surface area contributed by atoms with Crippen molar-refractivity contribution in [2.24, 2.45) is 0 Å². The van der Waals surface area contributed by atoms with Crippen LogP contribution in [0.1, 0.15) is 38.3 Å². The molecule has 128 valence electrons. The summed E-state index contributed by atoms with van der Waals surface area (Å²) in [5.74, 6) is -0.504. The Morgan fingerprint density at radius 2 is 2.17 bits per heavy atom. The van der Waals surface area contributed by atoms with Crippen molar-refractivity contribution in [3.05, 3.63) is 39.4 Å². The maximum atomic E-state index is 11.4. The molecule has 0 fully saturated rings. The van der Waals surface area contributed by atoms with E-state index in [0.29, 0.717) is 13.0 Å². The van der Waals surface area contributed by atoms with Crippen LogP contribution >= 0.6 is 0 Å². The van der Waals surface area contributed by atoms with Gasteiger partial charge in [0.25, 0.3) is 0 Å². The SMILES string of the molecule is CC(C)(C)OC(=O)NCCC=Cc1cc(C#N)cc([N+](=O)[O-])c1O. The van der Waals surface area contributed by atoms with Gasteiger partial charge in [0.05, 0.1) is 16.6 Å². The number of hydrogen-bond donors (Lipinski definition) is 2. The highest BCUT2D eigenvalue weighted by Crippen LogP contribution is 2.32. The molecule has 0 radical (unpaired) electrons. The Kier molecular flexibility index (Phi) is 6.30. The highest BCUT2D eigenvalue weighted by molar-refractivity contribution is 5.68. The van der Waals surface area contributed by atoms with Gasteiger partial charge in [-0.25, -0.2) is 4.79 Å². The predicted octanol–water partition coefficient (Wildman–Crippen LogP) is 3.10. The number of nitro benzene ring substituents is 1. The zero-order chi connectivity index (χ0) is 18.3. The molecule has 8 nitrogen and oxygen atoms in total. The molecule has 0 saturated heterocycles. The van der Waals surface area contributed by atoms with E-state index in [1.165, 1.54) is 12.1 Å². The van der Waals surface area contributed by atoms with E-state index < -0.39 is 28.1 Å². The summed E-state index contributed by atoms with van der Waals surface area (Å²) in [6.45, 7) is 5.56. The quantitative estimate of drug-likeness (QED) is 0.484. The second-order valence-corrected chi connectivity index (χ2v) is 5.92. The number of phenols is 1. The monoisotopic (exact) mass is 333 g/mol. The number of carbonyl (C=O) groups excluding carboxylic acids is 1. The minimum atomic E-state index is -0.752. The number of amides is 1. The fraction of sp³-hybridized carbons (Fsp3) is 0.375. The van der Waals surface area contributed by atoms with E-state index in [4.69, 9.17) is 10.00 Å². The summed E-state index contributed by atoms with van der Waals surface area (Å²) in [5.41, 5.74) is -0.868. The molecule has 1 aromatic rings. The third-order valence-corrected chi connectivity index (χ3v) is 2.72. The number of rotatable bonds is 5. The predicted molar refractivity (Wildman–Crippen MR) is 87.4 cm³/mol. The molecule has 0 aromatic heterocycles. The molecule has 1 rings (SSSR count). The summed E-state index contributed by atoms with van der Waals surface area (Å²) in [7, 11) is 0. The largest absolute Gasteiger partial charge is 0.502 e. The van der Waals surface area contributed by atoms with Crippen LogP contribution in [-0.2, 0) is 4.74 Å². The Bertz CT molecular complexity index is 699. The molecule has 0 saturated carbocycles. The number of phenolic OH excluding ortho intramolecular Hbond substituents is 1. The van der Waals surface area contributed by atoms with E-state index in [9.17, 15) is 20.0 Å². The Balaban J connectivity index is 2.68. The number of ether oxygens (including phenoxy) is 1. The third kappa shape index (κ3) is 5.96. The van der Waals surface area contributed by atoms with Gasteiger partial charge in [0.15, 0.2) is 0 Å². The minimum Gasteiger partial charge on any atom is -0.502 e. The average molecular weight is 333 g/mol. The first-order chi connectivity index (χ1) is 11.1. The highest BCUT2D eigenvalue weighted by Gasteiger charge is 2.18. The maximum Gasteiger partial charge on any atom is 0.407 e. The topological polar surface area (TPSA) is 125 Å². The van der Waals surface area contributed by atoms with Crippen LogP contribution in [-0.4, -0.2) is 28.3 Å². The number of aromatic hydroxyl groups is 1. The van der Waals surface area contributed by atoms with Crippen LogP contribution in [0.15, 0.2) is 18.2 Å². The molecule has 1 aromatic carbocycles. The van der Waals surface area contributed by atoms with Crippen molar-refractivity contribution in [2.45, 2.75) is 32.8 Å². The van der Waals surface area contributed by atoms with Gasteiger partial charge in [-0.2, -0.15) is 5.26 Å². The average Bonchev–Trinajstić information content (AvgIpc) is 2.46. The summed E-state index contributed by atoms with van der Waals surface area (Å²) < 4.78 is 5.07. The van der Waals surface area contributed by atoms with Crippen LogP contribution in [0.4, 0.5) is 10.5 Å². The first kappa shape index (κ1) is 19.0. The van der Waals surface area contributed by atoms with E-state index in [0.717, 1.165) is 6.07 Å². The van der Waals surface area contributed by atoms with Gasteiger partial charge in [-0.3, -0.25) is 10.1 Å². The number of benzene rings is 1. The maximum absolute atomic E-state index is 11.4. The van der Waals surface area contributed by atoms with Crippen molar-refractivity contribution in [1.29, 1.82) is 5.26 Å². The molecule has 24 heavy (non-hydrogen) atoms. The second kappa shape index (κ2) is 7.97. The lowest BCUT2D eigenvalue weighted by atomic mass is 10.1. The van der Waals surface area contributed by atoms with Crippen molar-refractivity contribution in [1.82, 2.24) is 5.32 Å². The van der Waals surface area contributed by atoms with E-state index in [1.807, 2.05) is 0 Å². The molecule has 2 N–H and O–H groups in total. The van der Waals surface area contributed by atoms with Crippen LogP contribution in [0, 0.1) is 21.4 Å². The molecule has 0 heterocycles. The van der Waals surface area contributed by atoms with Gasteiger partial charge in [-0.1, -0.05) is 12.2 Å². The number of hydrogen-bond acceptors (Lipinski definition) is 6. The summed E-state index contributed by atoms with van der Waals surface area (Å²) >= 11 is 0. The standard InChI is InChI=1S/C16H19N3O5/c1-16(2,3)24-15(21)18-7-5-4-6-12-8-11(10-17)9-13(14(12)20)19(22)23/h4,6,8-9,20H,5,7H2,1-3H3,(H,18,21). The molecule has 0 aliphatic carbocycles. The van der Waals surface area contributed by atoms with Crippen LogP contribution in [0.5, 0.6) is 5.75 Å². The Labute approximate surface area is 139 Å². The van der Waals surface area contributed by atoms with E-state index in [2.05, 4.69) is 5.32 Å². The normalized spacial score (nSPS) is 11.1. The summed E-state index contributed by atoms with van der Waals surface area (Å²) in [6, 6.07) is 4.16. The Morgan fingerprint density at radius 1 is 1.50 bits per heavy atom. The van der Waals surface area contributed by atoms with Gasteiger partial charge in [-0.05, 0) is 33.3 Å². The first-order valence-electron chi connectivity index (χ1n) is 7.19. The number of alkyl carbamates (subject to hydrolysis) is 1. The Hall–Kier alpha value is -3.08. The summed E-state index contributed by atoms with van der Waals surface area (Å²) in [6.07, 6.45) is 2.96. The van der Waals surface area contributed by atoms with Crippen molar-refractivity contribution in [3.63, 3.8) is 0 Å². The van der Waals surface area contributed by atoms with Gasteiger partial charge in [0.2, 0.25) is 5.75 Å².